The first-order valence-corrected chi connectivity index (χ1v) is 5.48. The average Bonchev–Trinajstić information content (AvgIpc) is 1.99. The molecule has 1 aliphatic rings. The Morgan fingerprint density at radius 3 is 2.40 bits per heavy atom. The van der Waals surface area contributed by atoms with E-state index in [1.54, 1.807) is 0 Å². The van der Waals surface area contributed by atoms with Crippen LogP contribution in [0.15, 0.2) is 0 Å². The first-order chi connectivity index (χ1) is 6.92. The van der Waals surface area contributed by atoms with E-state index >= 15 is 0 Å². The molecule has 88 valence electrons. The summed E-state index contributed by atoms with van der Waals surface area (Å²) in [6.07, 6.45) is 1.73. The topological polar surface area (TPSA) is 58.6 Å². The Kier molecular flexibility index (Phi) is 3.97. The summed E-state index contributed by atoms with van der Waals surface area (Å²) in [6.45, 7) is 6.36. The fourth-order valence-corrected chi connectivity index (χ4v) is 1.62. The van der Waals surface area contributed by atoms with Crippen molar-refractivity contribution in [3.8, 4) is 0 Å². The van der Waals surface area contributed by atoms with Gasteiger partial charge in [-0.2, -0.15) is 0 Å². The molecule has 1 fully saturated rings. The van der Waals surface area contributed by atoms with Gasteiger partial charge in [-0.05, 0) is 45.4 Å². The van der Waals surface area contributed by atoms with Crippen LogP contribution in [0.4, 0.5) is 4.79 Å². The Bertz CT molecular complexity index is 220. The van der Waals surface area contributed by atoms with Crippen molar-refractivity contribution >= 4 is 6.09 Å². The van der Waals surface area contributed by atoms with E-state index in [9.17, 15) is 4.79 Å². The normalized spacial score (nSPS) is 25.6. The Labute approximate surface area is 91.0 Å². The lowest BCUT2D eigenvalue weighted by atomic mass is 9.75. The molecule has 1 saturated carbocycles. The van der Waals surface area contributed by atoms with Crippen molar-refractivity contribution < 1.29 is 14.6 Å². The van der Waals surface area contributed by atoms with Gasteiger partial charge in [-0.15, -0.1) is 0 Å². The van der Waals surface area contributed by atoms with E-state index in [2.05, 4.69) is 5.32 Å². The van der Waals surface area contributed by atoms with Crippen molar-refractivity contribution in [2.75, 3.05) is 13.2 Å². The predicted molar refractivity (Wildman–Crippen MR) is 57.5 cm³/mol. The maximum absolute atomic E-state index is 11.3. The Hall–Kier alpha value is -0.770. The molecule has 4 nitrogen and oxygen atoms in total. The van der Waals surface area contributed by atoms with E-state index in [1.165, 1.54) is 0 Å². The minimum absolute atomic E-state index is 0.203. The monoisotopic (exact) mass is 215 g/mol. The van der Waals surface area contributed by atoms with Crippen molar-refractivity contribution in [3.63, 3.8) is 0 Å². The first kappa shape index (κ1) is 12.3. The maximum atomic E-state index is 11.3. The van der Waals surface area contributed by atoms with Gasteiger partial charge in [-0.3, -0.25) is 0 Å². The van der Waals surface area contributed by atoms with Gasteiger partial charge < -0.3 is 15.2 Å². The number of carbonyl (C=O) groups excluding carboxylic acids is 1. The smallest absolute Gasteiger partial charge is 0.407 e. The van der Waals surface area contributed by atoms with E-state index in [0.29, 0.717) is 18.4 Å². The summed E-state index contributed by atoms with van der Waals surface area (Å²) in [5.74, 6) is 0.674. The summed E-state index contributed by atoms with van der Waals surface area (Å²) in [4.78, 5) is 11.3. The summed E-state index contributed by atoms with van der Waals surface area (Å²) in [6, 6.07) is 0. The number of rotatable bonds is 3. The minimum Gasteiger partial charge on any atom is -0.449 e. The zero-order chi connectivity index (χ0) is 11.5. The molecule has 15 heavy (non-hydrogen) atoms. The molecule has 0 aromatic rings. The second kappa shape index (κ2) is 4.84. The Morgan fingerprint density at radius 1 is 1.40 bits per heavy atom. The standard InChI is InChI=1S/C11H21NO3/c1-11(2,3)12-10(14)15-7-9-5-4-8(9)6-13/h8-9,13H,4-7H2,1-3H3,(H,12,14). The molecule has 1 aliphatic carbocycles. The molecule has 0 aromatic heterocycles. The largest absolute Gasteiger partial charge is 0.449 e. The highest BCUT2D eigenvalue weighted by Gasteiger charge is 2.31. The zero-order valence-electron chi connectivity index (χ0n) is 9.75. The lowest BCUT2D eigenvalue weighted by molar-refractivity contribution is 0.0316. The van der Waals surface area contributed by atoms with Gasteiger partial charge in [0, 0.05) is 12.1 Å². The van der Waals surface area contributed by atoms with E-state index < -0.39 is 0 Å². The highest BCUT2D eigenvalue weighted by Crippen LogP contribution is 2.33. The minimum atomic E-state index is -0.369. The molecule has 0 aromatic carbocycles. The van der Waals surface area contributed by atoms with Gasteiger partial charge in [0.25, 0.3) is 0 Å². The van der Waals surface area contributed by atoms with Crippen LogP contribution in [-0.4, -0.2) is 30.0 Å². The lowest BCUT2D eigenvalue weighted by Gasteiger charge is -2.34. The van der Waals surface area contributed by atoms with Gasteiger partial charge in [0.1, 0.15) is 0 Å². The second-order valence-electron chi connectivity index (χ2n) is 5.25. The average molecular weight is 215 g/mol. The fraction of sp³-hybridized carbons (Fsp3) is 0.909. The molecule has 2 N–H and O–H groups in total. The van der Waals surface area contributed by atoms with Gasteiger partial charge in [0.15, 0.2) is 0 Å². The van der Waals surface area contributed by atoms with Crippen LogP contribution in [0.5, 0.6) is 0 Å². The van der Waals surface area contributed by atoms with E-state index in [1.807, 2.05) is 20.8 Å². The molecule has 4 heteroatoms. The Morgan fingerprint density at radius 2 is 2.00 bits per heavy atom. The number of aliphatic hydroxyl groups excluding tert-OH is 1. The third kappa shape index (κ3) is 4.08. The number of nitrogens with one attached hydrogen (secondary N) is 1. The van der Waals surface area contributed by atoms with Crippen LogP contribution in [0.25, 0.3) is 0 Å². The number of alkyl carbamates (subject to hydrolysis) is 1. The van der Waals surface area contributed by atoms with Crippen molar-refractivity contribution in [1.82, 2.24) is 5.32 Å². The summed E-state index contributed by atoms with van der Waals surface area (Å²) >= 11 is 0. The van der Waals surface area contributed by atoms with Crippen LogP contribution in [0.3, 0.4) is 0 Å². The molecular weight excluding hydrogens is 194 g/mol. The molecule has 0 spiro atoms. The summed E-state index contributed by atoms with van der Waals surface area (Å²) in [5.41, 5.74) is -0.257. The van der Waals surface area contributed by atoms with Gasteiger partial charge >= 0.3 is 6.09 Å². The number of carbonyl (C=O) groups is 1. The van der Waals surface area contributed by atoms with Crippen LogP contribution in [-0.2, 0) is 4.74 Å². The van der Waals surface area contributed by atoms with Crippen LogP contribution >= 0.6 is 0 Å². The van der Waals surface area contributed by atoms with Crippen molar-refractivity contribution in [2.45, 2.75) is 39.2 Å². The summed E-state index contributed by atoms with van der Waals surface area (Å²) < 4.78 is 5.09. The molecular formula is C11H21NO3. The fourth-order valence-electron chi connectivity index (χ4n) is 1.62. The summed E-state index contributed by atoms with van der Waals surface area (Å²) in [7, 11) is 0. The number of hydrogen-bond donors (Lipinski definition) is 2. The maximum Gasteiger partial charge on any atom is 0.407 e. The molecule has 1 amide bonds. The van der Waals surface area contributed by atoms with Crippen molar-refractivity contribution in [1.29, 1.82) is 0 Å². The lowest BCUT2D eigenvalue weighted by Crippen LogP contribution is -2.42. The number of amides is 1. The number of ether oxygens (including phenoxy) is 1. The third-order valence-electron chi connectivity index (χ3n) is 2.71. The third-order valence-corrected chi connectivity index (χ3v) is 2.71. The molecule has 0 bridgehead atoms. The van der Waals surface area contributed by atoms with Crippen LogP contribution in [0.2, 0.25) is 0 Å². The molecule has 2 atom stereocenters. The molecule has 2 unspecified atom stereocenters. The molecule has 0 aliphatic heterocycles. The van der Waals surface area contributed by atoms with Gasteiger partial charge in [-0.1, -0.05) is 0 Å². The van der Waals surface area contributed by atoms with E-state index in [4.69, 9.17) is 9.84 Å². The van der Waals surface area contributed by atoms with E-state index in [0.717, 1.165) is 12.8 Å². The second-order valence-corrected chi connectivity index (χ2v) is 5.25. The predicted octanol–water partition coefficient (Wildman–Crippen LogP) is 1.53. The van der Waals surface area contributed by atoms with Gasteiger partial charge in [0.2, 0.25) is 0 Å². The molecule has 0 radical (unpaired) electrons. The van der Waals surface area contributed by atoms with Gasteiger partial charge in [-0.25, -0.2) is 4.79 Å². The highest BCUT2D eigenvalue weighted by molar-refractivity contribution is 5.68. The molecule has 0 saturated heterocycles. The van der Waals surface area contributed by atoms with Crippen LogP contribution in [0.1, 0.15) is 33.6 Å². The molecule has 0 heterocycles. The van der Waals surface area contributed by atoms with E-state index in [-0.39, 0.29) is 18.2 Å². The number of hydrogen-bond acceptors (Lipinski definition) is 3. The van der Waals surface area contributed by atoms with Crippen LogP contribution < -0.4 is 5.32 Å². The molecule has 1 rings (SSSR count). The van der Waals surface area contributed by atoms with Gasteiger partial charge in [0.05, 0.1) is 6.61 Å². The quantitative estimate of drug-likeness (QED) is 0.750. The first-order valence-electron chi connectivity index (χ1n) is 5.48. The SMILES string of the molecule is CC(C)(C)NC(=O)OCC1CCC1CO. The van der Waals surface area contributed by atoms with Crippen molar-refractivity contribution in [2.24, 2.45) is 11.8 Å². The number of aliphatic hydroxyl groups is 1. The summed E-state index contributed by atoms with van der Waals surface area (Å²) in [5, 5.41) is 11.7. The van der Waals surface area contributed by atoms with Crippen LogP contribution in [0, 0.1) is 11.8 Å². The van der Waals surface area contributed by atoms with Crippen molar-refractivity contribution in [3.05, 3.63) is 0 Å². The highest BCUT2D eigenvalue weighted by atomic mass is 16.5. The zero-order valence-corrected chi connectivity index (χ0v) is 9.75. The Balaban J connectivity index is 2.17.